The number of amides is 1. The van der Waals surface area contributed by atoms with Crippen molar-refractivity contribution in [2.24, 2.45) is 0 Å². The monoisotopic (exact) mass is 247 g/mol. The van der Waals surface area contributed by atoms with Gasteiger partial charge in [0.25, 0.3) is 5.91 Å². The first-order valence-electron chi connectivity index (χ1n) is 3.34. The van der Waals surface area contributed by atoms with Crippen molar-refractivity contribution >= 4 is 39.1 Å². The summed E-state index contributed by atoms with van der Waals surface area (Å²) in [7, 11) is 0. The summed E-state index contributed by atoms with van der Waals surface area (Å²) in [5.74, 6) is -0.261. The molecule has 0 aliphatic heterocycles. The average molecular weight is 249 g/mol. The first-order chi connectivity index (χ1) is 5.70. The molecule has 0 heterocycles. The summed E-state index contributed by atoms with van der Waals surface area (Å²) in [5.41, 5.74) is 0.743. The van der Waals surface area contributed by atoms with Crippen LogP contribution in [0.3, 0.4) is 0 Å². The molecular weight excluding hydrogens is 241 g/mol. The molecule has 0 spiro atoms. The third-order valence-electron chi connectivity index (χ3n) is 1.24. The summed E-state index contributed by atoms with van der Waals surface area (Å²) in [6.07, 6.45) is 0. The number of benzene rings is 1. The third-order valence-corrected chi connectivity index (χ3v) is 1.85. The lowest BCUT2D eigenvalue weighted by Crippen LogP contribution is -2.17. The van der Waals surface area contributed by atoms with Gasteiger partial charge in [-0.05, 0) is 12.1 Å². The van der Waals surface area contributed by atoms with Gasteiger partial charge in [0, 0.05) is 5.69 Å². The van der Waals surface area contributed by atoms with Crippen molar-refractivity contribution in [3.05, 3.63) is 30.3 Å². The lowest BCUT2D eigenvalue weighted by molar-refractivity contribution is -0.114. The zero-order valence-corrected chi connectivity index (χ0v) is 8.47. The molecule has 1 unspecified atom stereocenters. The maximum atomic E-state index is 11.0. The standard InChI is InChI=1S/C8H7BrClNO/c9-7(10)8(12)11-6-4-2-1-3-5-6/h1-5,7H,(H,11,12). The fraction of sp³-hybridized carbons (Fsp3) is 0.125. The Morgan fingerprint density at radius 3 is 2.50 bits per heavy atom. The van der Waals surface area contributed by atoms with E-state index in [2.05, 4.69) is 21.2 Å². The van der Waals surface area contributed by atoms with Gasteiger partial charge in [-0.2, -0.15) is 0 Å². The molecule has 0 aliphatic carbocycles. The number of rotatable bonds is 2. The fourth-order valence-corrected chi connectivity index (χ4v) is 0.887. The second-order valence-corrected chi connectivity index (χ2v) is 4.04. The summed E-state index contributed by atoms with van der Waals surface area (Å²) in [6, 6.07) is 9.15. The highest BCUT2D eigenvalue weighted by atomic mass is 79.9. The van der Waals surface area contributed by atoms with Gasteiger partial charge in [0.1, 0.15) is 0 Å². The van der Waals surface area contributed by atoms with Crippen LogP contribution >= 0.6 is 27.5 Å². The number of nitrogens with one attached hydrogen (secondary N) is 1. The second kappa shape index (κ2) is 4.48. The number of carbonyl (C=O) groups excluding carboxylic acids is 1. The molecule has 2 nitrogen and oxygen atoms in total. The molecule has 1 aromatic rings. The fourth-order valence-electron chi connectivity index (χ4n) is 0.718. The highest BCUT2D eigenvalue weighted by molar-refractivity contribution is 9.10. The molecule has 4 heteroatoms. The largest absolute Gasteiger partial charge is 0.324 e. The molecule has 1 aromatic carbocycles. The molecule has 1 rings (SSSR count). The lowest BCUT2D eigenvalue weighted by atomic mass is 10.3. The Kier molecular flexibility index (Phi) is 3.56. The number of alkyl halides is 2. The molecule has 0 aromatic heterocycles. The van der Waals surface area contributed by atoms with Crippen molar-refractivity contribution in [3.8, 4) is 0 Å². The number of halogens is 2. The van der Waals surface area contributed by atoms with Gasteiger partial charge in [-0.1, -0.05) is 45.7 Å². The van der Waals surface area contributed by atoms with Crippen molar-refractivity contribution in [1.82, 2.24) is 0 Å². The minimum Gasteiger partial charge on any atom is -0.324 e. The Morgan fingerprint density at radius 1 is 1.42 bits per heavy atom. The zero-order valence-electron chi connectivity index (χ0n) is 6.13. The van der Waals surface area contributed by atoms with Crippen molar-refractivity contribution in [2.45, 2.75) is 4.29 Å². The van der Waals surface area contributed by atoms with Gasteiger partial charge >= 0.3 is 0 Å². The Balaban J connectivity index is 2.59. The van der Waals surface area contributed by atoms with E-state index in [1.165, 1.54) is 0 Å². The molecule has 64 valence electrons. The van der Waals surface area contributed by atoms with E-state index in [9.17, 15) is 4.79 Å². The van der Waals surface area contributed by atoms with Crippen LogP contribution in [0.4, 0.5) is 5.69 Å². The molecule has 0 bridgehead atoms. The van der Waals surface area contributed by atoms with Gasteiger partial charge in [-0.25, -0.2) is 0 Å². The maximum absolute atomic E-state index is 11.0. The van der Waals surface area contributed by atoms with Crippen LogP contribution in [0.15, 0.2) is 30.3 Å². The average Bonchev–Trinajstić information content (AvgIpc) is 2.06. The summed E-state index contributed by atoms with van der Waals surface area (Å²) < 4.78 is -0.683. The minimum atomic E-state index is -0.683. The van der Waals surface area contributed by atoms with E-state index < -0.39 is 4.29 Å². The SMILES string of the molecule is O=C(Nc1ccccc1)C(Cl)Br. The Hall–Kier alpha value is -0.540. The van der Waals surface area contributed by atoms with E-state index in [-0.39, 0.29) is 5.91 Å². The van der Waals surface area contributed by atoms with Crippen LogP contribution in [0.2, 0.25) is 0 Å². The smallest absolute Gasteiger partial charge is 0.253 e. The molecular formula is C8H7BrClNO. The Labute approximate surface area is 84.0 Å². The maximum Gasteiger partial charge on any atom is 0.253 e. The number of hydrogen-bond donors (Lipinski definition) is 1. The summed E-state index contributed by atoms with van der Waals surface area (Å²) in [5, 5.41) is 2.62. The van der Waals surface area contributed by atoms with Crippen LogP contribution in [0, 0.1) is 0 Å². The van der Waals surface area contributed by atoms with Gasteiger partial charge in [0.2, 0.25) is 0 Å². The second-order valence-electron chi connectivity index (χ2n) is 2.16. The van der Waals surface area contributed by atoms with E-state index in [1.54, 1.807) is 12.1 Å². The van der Waals surface area contributed by atoms with Gasteiger partial charge in [0.05, 0.1) is 0 Å². The van der Waals surface area contributed by atoms with E-state index in [0.29, 0.717) is 0 Å². The first kappa shape index (κ1) is 9.55. The van der Waals surface area contributed by atoms with Crippen LogP contribution in [0.1, 0.15) is 0 Å². The Morgan fingerprint density at radius 2 is 2.00 bits per heavy atom. The molecule has 1 atom stereocenters. The lowest BCUT2D eigenvalue weighted by Gasteiger charge is -2.03. The van der Waals surface area contributed by atoms with Crippen molar-refractivity contribution in [3.63, 3.8) is 0 Å². The molecule has 0 saturated heterocycles. The van der Waals surface area contributed by atoms with Crippen LogP contribution in [-0.2, 0) is 4.79 Å². The van der Waals surface area contributed by atoms with E-state index in [1.807, 2.05) is 18.2 Å². The van der Waals surface area contributed by atoms with Gasteiger partial charge in [-0.15, -0.1) is 0 Å². The number of carbonyl (C=O) groups is 1. The molecule has 0 fully saturated rings. The quantitative estimate of drug-likeness (QED) is 0.801. The van der Waals surface area contributed by atoms with Crippen LogP contribution in [0.25, 0.3) is 0 Å². The zero-order chi connectivity index (χ0) is 8.97. The van der Waals surface area contributed by atoms with E-state index in [0.717, 1.165) is 5.69 Å². The highest BCUT2D eigenvalue weighted by Crippen LogP contribution is 2.10. The summed E-state index contributed by atoms with van der Waals surface area (Å²) in [4.78, 5) is 11.0. The van der Waals surface area contributed by atoms with Crippen LogP contribution in [0.5, 0.6) is 0 Å². The molecule has 1 amide bonds. The Bertz CT molecular complexity index is 263. The first-order valence-corrected chi connectivity index (χ1v) is 4.69. The van der Waals surface area contributed by atoms with Crippen molar-refractivity contribution in [2.75, 3.05) is 5.32 Å². The minimum absolute atomic E-state index is 0.261. The van der Waals surface area contributed by atoms with Gasteiger partial charge < -0.3 is 5.32 Å². The van der Waals surface area contributed by atoms with Crippen molar-refractivity contribution in [1.29, 1.82) is 0 Å². The number of hydrogen-bond acceptors (Lipinski definition) is 1. The van der Waals surface area contributed by atoms with E-state index >= 15 is 0 Å². The topological polar surface area (TPSA) is 29.1 Å². The molecule has 0 aliphatic rings. The third kappa shape index (κ3) is 2.83. The molecule has 12 heavy (non-hydrogen) atoms. The summed E-state index contributed by atoms with van der Waals surface area (Å²) in [6.45, 7) is 0. The van der Waals surface area contributed by atoms with Gasteiger partial charge in [0.15, 0.2) is 4.29 Å². The van der Waals surface area contributed by atoms with Crippen LogP contribution < -0.4 is 5.32 Å². The predicted octanol–water partition coefficient (Wildman–Crippen LogP) is 2.58. The highest BCUT2D eigenvalue weighted by Gasteiger charge is 2.09. The van der Waals surface area contributed by atoms with E-state index in [4.69, 9.17) is 11.6 Å². The molecule has 1 N–H and O–H groups in total. The summed E-state index contributed by atoms with van der Waals surface area (Å²) >= 11 is 8.43. The van der Waals surface area contributed by atoms with Crippen molar-refractivity contribution < 1.29 is 4.79 Å². The molecule has 0 radical (unpaired) electrons. The molecule has 0 saturated carbocycles. The number of para-hydroxylation sites is 1. The normalized spacial score (nSPS) is 12.2. The number of anilines is 1. The van der Waals surface area contributed by atoms with Gasteiger partial charge in [-0.3, -0.25) is 4.79 Å². The predicted molar refractivity (Wildman–Crippen MR) is 53.6 cm³/mol. The van der Waals surface area contributed by atoms with Crippen LogP contribution in [-0.4, -0.2) is 10.2 Å².